The van der Waals surface area contributed by atoms with E-state index in [1.54, 1.807) is 4.90 Å². The molecule has 1 aromatic rings. The summed E-state index contributed by atoms with van der Waals surface area (Å²) in [6, 6.07) is 8.50. The minimum Gasteiger partial charge on any atom is -0.352 e. The molecule has 2 amide bonds. The summed E-state index contributed by atoms with van der Waals surface area (Å²) in [7, 11) is 1.87. The van der Waals surface area contributed by atoms with E-state index in [0.717, 1.165) is 39.0 Å². The number of nitrogens with zero attached hydrogens (tertiary/aromatic N) is 3. The van der Waals surface area contributed by atoms with Gasteiger partial charge in [-0.25, -0.2) is 0 Å². The highest BCUT2D eigenvalue weighted by atomic mass is 16.2. The summed E-state index contributed by atoms with van der Waals surface area (Å²) < 4.78 is 0. The van der Waals surface area contributed by atoms with Crippen molar-refractivity contribution < 1.29 is 9.59 Å². The highest BCUT2D eigenvalue weighted by Crippen LogP contribution is 2.19. The first-order valence-electron chi connectivity index (χ1n) is 9.99. The van der Waals surface area contributed by atoms with Gasteiger partial charge in [0.25, 0.3) is 0 Å². The molecule has 0 aromatic heterocycles. The maximum absolute atomic E-state index is 12.6. The number of carbonyl (C=O) groups excluding carboxylic acids is 2. The normalized spacial score (nSPS) is 19.5. The van der Waals surface area contributed by atoms with E-state index in [1.165, 1.54) is 11.1 Å². The van der Waals surface area contributed by atoms with Gasteiger partial charge in [-0.05, 0) is 37.8 Å². The SMILES string of the molecule is Cc1ccccc1CN(C)C(=O)CN1CCN(C(C)C(=O)NC2CC2)CC1. The topological polar surface area (TPSA) is 55.9 Å². The summed E-state index contributed by atoms with van der Waals surface area (Å²) in [5.41, 5.74) is 2.40. The Morgan fingerprint density at radius 3 is 2.48 bits per heavy atom. The lowest BCUT2D eigenvalue weighted by atomic mass is 10.1. The molecule has 0 spiro atoms. The molecule has 6 heteroatoms. The number of carbonyl (C=O) groups is 2. The minimum absolute atomic E-state index is 0.0906. The van der Waals surface area contributed by atoms with Crippen molar-refractivity contribution in [2.24, 2.45) is 0 Å². The molecule has 3 rings (SSSR count). The first-order valence-corrected chi connectivity index (χ1v) is 9.99. The van der Waals surface area contributed by atoms with Gasteiger partial charge < -0.3 is 10.2 Å². The van der Waals surface area contributed by atoms with E-state index < -0.39 is 0 Å². The van der Waals surface area contributed by atoms with Crippen LogP contribution in [-0.2, 0) is 16.1 Å². The molecule has 2 aliphatic rings. The number of rotatable bonds is 7. The third kappa shape index (κ3) is 5.53. The largest absolute Gasteiger partial charge is 0.352 e. The quantitative estimate of drug-likeness (QED) is 0.782. The fourth-order valence-corrected chi connectivity index (χ4v) is 3.47. The molecule has 1 aliphatic carbocycles. The average Bonchev–Trinajstić information content (AvgIpc) is 3.47. The summed E-state index contributed by atoms with van der Waals surface area (Å²) in [5, 5.41) is 3.08. The van der Waals surface area contributed by atoms with E-state index in [1.807, 2.05) is 26.1 Å². The molecule has 0 bridgehead atoms. The van der Waals surface area contributed by atoms with Gasteiger partial charge >= 0.3 is 0 Å². The van der Waals surface area contributed by atoms with Crippen LogP contribution in [0.1, 0.15) is 30.9 Å². The molecule has 1 aliphatic heterocycles. The number of piperazine rings is 1. The number of hydrogen-bond acceptors (Lipinski definition) is 4. The molecular formula is C21H32N4O2. The Kier molecular flexibility index (Phi) is 6.50. The predicted octanol–water partition coefficient (Wildman–Crippen LogP) is 1.24. The van der Waals surface area contributed by atoms with Crippen LogP contribution < -0.4 is 5.32 Å². The van der Waals surface area contributed by atoms with E-state index in [2.05, 4.69) is 34.2 Å². The zero-order valence-electron chi connectivity index (χ0n) is 16.8. The standard InChI is InChI=1S/C21H32N4O2/c1-16-6-4-5-7-18(16)14-23(3)20(26)15-24-10-12-25(13-11-24)17(2)21(27)22-19-8-9-19/h4-7,17,19H,8-15H2,1-3H3,(H,22,27). The number of hydrogen-bond donors (Lipinski definition) is 1. The second-order valence-electron chi connectivity index (χ2n) is 7.95. The molecule has 2 fully saturated rings. The van der Waals surface area contributed by atoms with E-state index in [9.17, 15) is 9.59 Å². The summed E-state index contributed by atoms with van der Waals surface area (Å²) in [6.45, 7) is 8.45. The Balaban J connectivity index is 1.42. The van der Waals surface area contributed by atoms with Crippen molar-refractivity contribution in [1.29, 1.82) is 0 Å². The van der Waals surface area contributed by atoms with Gasteiger partial charge in [0, 0.05) is 45.8 Å². The van der Waals surface area contributed by atoms with Gasteiger partial charge in [-0.2, -0.15) is 0 Å². The van der Waals surface area contributed by atoms with Crippen molar-refractivity contribution in [3.63, 3.8) is 0 Å². The van der Waals surface area contributed by atoms with Crippen LogP contribution in [-0.4, -0.2) is 78.4 Å². The molecule has 148 valence electrons. The summed E-state index contributed by atoms with van der Waals surface area (Å²) in [5.74, 6) is 0.284. The maximum Gasteiger partial charge on any atom is 0.237 e. The van der Waals surface area contributed by atoms with Gasteiger partial charge in [0.2, 0.25) is 11.8 Å². The number of amides is 2. The molecular weight excluding hydrogens is 340 g/mol. The van der Waals surface area contributed by atoms with Crippen LogP contribution in [0.25, 0.3) is 0 Å². The van der Waals surface area contributed by atoms with Crippen molar-refractivity contribution >= 4 is 11.8 Å². The average molecular weight is 373 g/mol. The lowest BCUT2D eigenvalue weighted by Gasteiger charge is -2.37. The third-order valence-electron chi connectivity index (χ3n) is 5.71. The molecule has 1 unspecified atom stereocenters. The van der Waals surface area contributed by atoms with Crippen LogP contribution in [0.4, 0.5) is 0 Å². The molecule has 0 radical (unpaired) electrons. The molecule has 1 saturated carbocycles. The van der Waals surface area contributed by atoms with Gasteiger partial charge in [-0.1, -0.05) is 24.3 Å². The Labute approximate surface area is 162 Å². The second-order valence-corrected chi connectivity index (χ2v) is 7.95. The van der Waals surface area contributed by atoms with Gasteiger partial charge in [0.05, 0.1) is 12.6 Å². The zero-order chi connectivity index (χ0) is 19.4. The van der Waals surface area contributed by atoms with Crippen molar-refractivity contribution in [2.75, 3.05) is 39.8 Å². The highest BCUT2D eigenvalue weighted by molar-refractivity contribution is 5.82. The molecule has 27 heavy (non-hydrogen) atoms. The fraction of sp³-hybridized carbons (Fsp3) is 0.619. The van der Waals surface area contributed by atoms with Crippen molar-refractivity contribution in [1.82, 2.24) is 20.0 Å². The third-order valence-corrected chi connectivity index (χ3v) is 5.71. The lowest BCUT2D eigenvalue weighted by molar-refractivity contribution is -0.133. The zero-order valence-corrected chi connectivity index (χ0v) is 16.8. The summed E-state index contributed by atoms with van der Waals surface area (Å²) in [4.78, 5) is 31.0. The number of benzene rings is 1. The van der Waals surface area contributed by atoms with E-state index in [0.29, 0.717) is 19.1 Å². The Morgan fingerprint density at radius 1 is 1.19 bits per heavy atom. The van der Waals surface area contributed by atoms with Crippen LogP contribution in [0.2, 0.25) is 0 Å². The van der Waals surface area contributed by atoms with Gasteiger partial charge in [0.1, 0.15) is 0 Å². The monoisotopic (exact) mass is 372 g/mol. The van der Waals surface area contributed by atoms with Crippen LogP contribution in [0.15, 0.2) is 24.3 Å². The molecule has 1 N–H and O–H groups in total. The van der Waals surface area contributed by atoms with Crippen molar-refractivity contribution in [2.45, 2.75) is 45.3 Å². The number of aryl methyl sites for hydroxylation is 1. The number of likely N-dealkylation sites (N-methyl/N-ethyl adjacent to an activating group) is 1. The van der Waals surface area contributed by atoms with Crippen LogP contribution in [0.3, 0.4) is 0 Å². The second kappa shape index (κ2) is 8.85. The predicted molar refractivity (Wildman–Crippen MR) is 106 cm³/mol. The molecule has 1 heterocycles. The Hall–Kier alpha value is -1.92. The summed E-state index contributed by atoms with van der Waals surface area (Å²) >= 11 is 0. The van der Waals surface area contributed by atoms with E-state index >= 15 is 0 Å². The summed E-state index contributed by atoms with van der Waals surface area (Å²) in [6.07, 6.45) is 2.23. The van der Waals surface area contributed by atoms with Gasteiger partial charge in [0.15, 0.2) is 0 Å². The van der Waals surface area contributed by atoms with Crippen molar-refractivity contribution in [3.05, 3.63) is 35.4 Å². The van der Waals surface area contributed by atoms with Crippen LogP contribution in [0.5, 0.6) is 0 Å². The minimum atomic E-state index is -0.0906. The van der Waals surface area contributed by atoms with Crippen LogP contribution >= 0.6 is 0 Å². The van der Waals surface area contributed by atoms with E-state index in [-0.39, 0.29) is 17.9 Å². The van der Waals surface area contributed by atoms with Gasteiger partial charge in [-0.15, -0.1) is 0 Å². The smallest absolute Gasteiger partial charge is 0.237 e. The Morgan fingerprint density at radius 2 is 1.85 bits per heavy atom. The highest BCUT2D eigenvalue weighted by Gasteiger charge is 2.30. The van der Waals surface area contributed by atoms with Crippen LogP contribution in [0, 0.1) is 6.92 Å². The first kappa shape index (κ1) is 19.8. The van der Waals surface area contributed by atoms with Crippen molar-refractivity contribution in [3.8, 4) is 0 Å². The lowest BCUT2D eigenvalue weighted by Crippen LogP contribution is -2.55. The van der Waals surface area contributed by atoms with Gasteiger partial charge in [-0.3, -0.25) is 19.4 Å². The molecule has 1 aromatic carbocycles. The maximum atomic E-state index is 12.6. The molecule has 1 saturated heterocycles. The first-order chi connectivity index (χ1) is 12.9. The molecule has 6 nitrogen and oxygen atoms in total. The fourth-order valence-electron chi connectivity index (χ4n) is 3.47. The number of nitrogens with one attached hydrogen (secondary N) is 1. The van der Waals surface area contributed by atoms with E-state index in [4.69, 9.17) is 0 Å². The Bertz CT molecular complexity index is 666. The molecule has 1 atom stereocenters.